The van der Waals surface area contributed by atoms with Gasteiger partial charge in [0.25, 0.3) is 0 Å². The van der Waals surface area contributed by atoms with Crippen LogP contribution < -0.4 is 5.73 Å². The highest BCUT2D eigenvalue weighted by molar-refractivity contribution is 5.81. The number of hydrogen-bond acceptors (Lipinski definition) is 8. The lowest BCUT2D eigenvalue weighted by molar-refractivity contribution is -0.202. The summed E-state index contributed by atoms with van der Waals surface area (Å²) in [6.07, 6.45) is -0.391. The summed E-state index contributed by atoms with van der Waals surface area (Å²) in [6.45, 7) is 3.46. The number of ether oxygens (including phenoxy) is 3. The topological polar surface area (TPSA) is 135 Å². The smallest absolute Gasteiger partial charge is 0.335 e. The molecule has 0 radical (unpaired) electrons. The standard InChI is InChI=1S/C13H15N5O5/c1-13(2)22-6-7(23-13)11(21-8(6)12(19)20)18-4-17-5-9(14)15-3-16-10(5)18/h3-4,6-8,11H,1-2H3,(H,19,20)(H2,14,15,16)/t6-,7+,8+,11-/m0/s1. The number of rotatable bonds is 2. The van der Waals surface area contributed by atoms with Crippen LogP contribution in [0.4, 0.5) is 5.82 Å². The molecule has 0 aromatic carbocycles. The van der Waals surface area contributed by atoms with Crippen molar-refractivity contribution in [1.29, 1.82) is 0 Å². The third kappa shape index (κ3) is 2.06. The maximum absolute atomic E-state index is 11.5. The highest BCUT2D eigenvalue weighted by Crippen LogP contribution is 2.43. The van der Waals surface area contributed by atoms with E-state index in [0.717, 1.165) is 0 Å². The quantitative estimate of drug-likeness (QED) is 0.777. The Bertz CT molecular complexity index is 790. The molecule has 122 valence electrons. The van der Waals surface area contributed by atoms with Crippen LogP contribution in [0, 0.1) is 0 Å². The van der Waals surface area contributed by atoms with Crippen molar-refractivity contribution in [1.82, 2.24) is 19.5 Å². The van der Waals surface area contributed by atoms with Gasteiger partial charge in [0, 0.05) is 0 Å². The third-order valence-electron chi connectivity index (χ3n) is 3.93. The molecule has 23 heavy (non-hydrogen) atoms. The number of carbonyl (C=O) groups is 1. The molecule has 4 rings (SSSR count). The summed E-state index contributed by atoms with van der Waals surface area (Å²) >= 11 is 0. The van der Waals surface area contributed by atoms with Gasteiger partial charge in [-0.05, 0) is 13.8 Å². The van der Waals surface area contributed by atoms with Crippen molar-refractivity contribution in [2.75, 3.05) is 5.73 Å². The van der Waals surface area contributed by atoms with Crippen LogP contribution >= 0.6 is 0 Å². The van der Waals surface area contributed by atoms with Gasteiger partial charge in [-0.1, -0.05) is 0 Å². The number of imidazole rings is 1. The van der Waals surface area contributed by atoms with Gasteiger partial charge in [0.2, 0.25) is 0 Å². The first-order chi connectivity index (χ1) is 10.9. The van der Waals surface area contributed by atoms with Crippen molar-refractivity contribution in [3.05, 3.63) is 12.7 Å². The van der Waals surface area contributed by atoms with Crippen LogP contribution in [-0.2, 0) is 19.0 Å². The first-order valence-corrected chi connectivity index (χ1v) is 7.04. The second-order valence-corrected chi connectivity index (χ2v) is 5.93. The molecule has 0 amide bonds. The van der Waals surface area contributed by atoms with Gasteiger partial charge >= 0.3 is 5.97 Å². The van der Waals surface area contributed by atoms with Gasteiger partial charge < -0.3 is 25.1 Å². The van der Waals surface area contributed by atoms with Gasteiger partial charge in [-0.2, -0.15) is 0 Å². The molecule has 2 saturated heterocycles. The van der Waals surface area contributed by atoms with Crippen molar-refractivity contribution in [3.8, 4) is 0 Å². The van der Waals surface area contributed by atoms with Gasteiger partial charge in [-0.15, -0.1) is 0 Å². The van der Waals surface area contributed by atoms with Crippen molar-refractivity contribution in [2.24, 2.45) is 0 Å². The number of anilines is 1. The Labute approximate surface area is 130 Å². The Morgan fingerprint density at radius 3 is 2.78 bits per heavy atom. The Morgan fingerprint density at radius 1 is 1.30 bits per heavy atom. The molecule has 2 aliphatic heterocycles. The highest BCUT2D eigenvalue weighted by atomic mass is 16.8. The maximum Gasteiger partial charge on any atom is 0.335 e. The van der Waals surface area contributed by atoms with Crippen LogP contribution in [0.25, 0.3) is 11.2 Å². The number of nitrogen functional groups attached to an aromatic ring is 1. The van der Waals surface area contributed by atoms with Gasteiger partial charge in [0.05, 0.1) is 6.33 Å². The van der Waals surface area contributed by atoms with Crippen LogP contribution in [0.1, 0.15) is 20.1 Å². The lowest BCUT2D eigenvalue weighted by atomic mass is 10.1. The summed E-state index contributed by atoms with van der Waals surface area (Å²) in [7, 11) is 0. The molecule has 4 heterocycles. The van der Waals surface area contributed by atoms with Crippen molar-refractivity contribution < 1.29 is 24.1 Å². The van der Waals surface area contributed by atoms with Gasteiger partial charge in [-0.3, -0.25) is 4.57 Å². The van der Waals surface area contributed by atoms with Gasteiger partial charge in [-0.25, -0.2) is 19.7 Å². The number of fused-ring (bicyclic) bond motifs is 2. The minimum Gasteiger partial charge on any atom is -0.479 e. The summed E-state index contributed by atoms with van der Waals surface area (Å²) in [5.74, 6) is -1.76. The second kappa shape index (κ2) is 4.60. The molecular formula is C13H15N5O5. The molecule has 2 aliphatic rings. The van der Waals surface area contributed by atoms with E-state index in [4.69, 9.17) is 19.9 Å². The van der Waals surface area contributed by atoms with Gasteiger partial charge in [0.15, 0.2) is 29.6 Å². The van der Waals surface area contributed by atoms with E-state index in [1.54, 1.807) is 18.4 Å². The van der Waals surface area contributed by atoms with Crippen molar-refractivity contribution in [3.63, 3.8) is 0 Å². The molecule has 2 fully saturated rings. The fourth-order valence-corrected chi connectivity index (χ4v) is 3.06. The Kier molecular flexibility index (Phi) is 2.86. The zero-order valence-corrected chi connectivity index (χ0v) is 12.4. The van der Waals surface area contributed by atoms with E-state index in [-0.39, 0.29) is 5.82 Å². The molecule has 0 saturated carbocycles. The van der Waals surface area contributed by atoms with E-state index >= 15 is 0 Å². The molecule has 0 unspecified atom stereocenters. The molecule has 2 aromatic heterocycles. The monoisotopic (exact) mass is 321 g/mol. The van der Waals surface area contributed by atoms with E-state index in [1.165, 1.54) is 12.7 Å². The summed E-state index contributed by atoms with van der Waals surface area (Å²) in [4.78, 5) is 23.7. The molecule has 3 N–H and O–H groups in total. The summed E-state index contributed by atoms with van der Waals surface area (Å²) in [5, 5.41) is 9.37. The van der Waals surface area contributed by atoms with Crippen LogP contribution in [0.5, 0.6) is 0 Å². The minimum atomic E-state index is -1.14. The second-order valence-electron chi connectivity index (χ2n) is 5.93. The number of nitrogens with zero attached hydrogens (tertiary/aromatic N) is 4. The predicted molar refractivity (Wildman–Crippen MR) is 75.1 cm³/mol. The highest BCUT2D eigenvalue weighted by Gasteiger charge is 2.58. The Hall–Kier alpha value is -2.30. The van der Waals surface area contributed by atoms with Crippen LogP contribution in [0.2, 0.25) is 0 Å². The van der Waals surface area contributed by atoms with Gasteiger partial charge in [0.1, 0.15) is 24.1 Å². The van der Waals surface area contributed by atoms with Crippen LogP contribution in [0.3, 0.4) is 0 Å². The third-order valence-corrected chi connectivity index (χ3v) is 3.93. The average molecular weight is 321 g/mol. The molecule has 10 heteroatoms. The average Bonchev–Trinajstić information content (AvgIpc) is 3.09. The maximum atomic E-state index is 11.5. The Balaban J connectivity index is 1.78. The molecule has 0 aliphatic carbocycles. The number of hydrogen-bond donors (Lipinski definition) is 2. The zero-order valence-electron chi connectivity index (χ0n) is 12.4. The normalized spacial score (nSPS) is 32.3. The van der Waals surface area contributed by atoms with Crippen molar-refractivity contribution in [2.45, 2.75) is 44.2 Å². The number of nitrogens with two attached hydrogens (primary N) is 1. The van der Waals surface area contributed by atoms with E-state index in [2.05, 4.69) is 15.0 Å². The fourth-order valence-electron chi connectivity index (χ4n) is 3.06. The van der Waals surface area contributed by atoms with Crippen LogP contribution in [-0.4, -0.2) is 54.7 Å². The first-order valence-electron chi connectivity index (χ1n) is 7.04. The summed E-state index contributed by atoms with van der Waals surface area (Å²) in [5.41, 5.74) is 6.64. The summed E-state index contributed by atoms with van der Waals surface area (Å²) < 4.78 is 18.8. The van der Waals surface area contributed by atoms with E-state index < -0.39 is 36.3 Å². The number of carboxylic acid groups (broad SMARTS) is 1. The molecule has 4 atom stereocenters. The van der Waals surface area contributed by atoms with Crippen LogP contribution in [0.15, 0.2) is 12.7 Å². The van der Waals surface area contributed by atoms with E-state index in [1.807, 2.05) is 0 Å². The van der Waals surface area contributed by atoms with E-state index in [9.17, 15) is 9.90 Å². The largest absolute Gasteiger partial charge is 0.479 e. The molecule has 0 bridgehead atoms. The molecule has 0 spiro atoms. The molecule has 2 aromatic rings. The number of carboxylic acids is 1. The Morgan fingerprint density at radius 2 is 2.04 bits per heavy atom. The predicted octanol–water partition coefficient (Wildman–Crippen LogP) is -0.0894. The fraction of sp³-hybridized carbons (Fsp3) is 0.538. The SMILES string of the molecule is CC1(C)O[C@@H]2[C@H](O1)[C@H](C(=O)O)O[C@@H]2n1cnc2c(N)ncnc21. The number of aliphatic carboxylic acids is 1. The molecule has 10 nitrogen and oxygen atoms in total. The van der Waals surface area contributed by atoms with Crippen molar-refractivity contribution >= 4 is 23.0 Å². The lowest BCUT2D eigenvalue weighted by Gasteiger charge is -2.23. The number of aromatic nitrogens is 4. The minimum absolute atomic E-state index is 0.238. The lowest BCUT2D eigenvalue weighted by Crippen LogP contribution is -2.35. The summed E-state index contributed by atoms with van der Waals surface area (Å²) in [6, 6.07) is 0. The van der Waals surface area contributed by atoms with E-state index in [0.29, 0.717) is 11.2 Å². The zero-order chi connectivity index (χ0) is 16.4. The first kappa shape index (κ1) is 14.3. The molecular weight excluding hydrogens is 306 g/mol.